The molecule has 0 saturated carbocycles. The van der Waals surface area contributed by atoms with Crippen LogP contribution in [0.25, 0.3) is 11.3 Å². The zero-order chi connectivity index (χ0) is 15.5. The van der Waals surface area contributed by atoms with Gasteiger partial charge in [-0.3, -0.25) is 9.97 Å². The van der Waals surface area contributed by atoms with E-state index in [0.717, 1.165) is 16.7 Å². The van der Waals surface area contributed by atoms with Crippen LogP contribution in [-0.2, 0) is 4.65 Å². The van der Waals surface area contributed by atoms with E-state index in [1.807, 2.05) is 0 Å². The van der Waals surface area contributed by atoms with E-state index in [9.17, 15) is 0 Å². The van der Waals surface area contributed by atoms with Crippen molar-refractivity contribution < 1.29 is 4.65 Å². The molecule has 0 bridgehead atoms. The predicted octanol–water partition coefficient (Wildman–Crippen LogP) is 2.57. The van der Waals surface area contributed by atoms with Gasteiger partial charge >= 0.3 is 7.48 Å². The van der Waals surface area contributed by atoms with E-state index in [-0.39, 0.29) is 10.8 Å². The highest BCUT2D eigenvalue weighted by molar-refractivity contribution is 7.19. The first-order valence-electron chi connectivity index (χ1n) is 7.08. The molecule has 0 fully saturated rings. The summed E-state index contributed by atoms with van der Waals surface area (Å²) >= 11 is 0. The third-order valence-electron chi connectivity index (χ3n) is 3.96. The summed E-state index contributed by atoms with van der Waals surface area (Å²) in [7, 11) is 3.46. The van der Waals surface area contributed by atoms with Crippen molar-refractivity contribution in [3.8, 4) is 11.3 Å². The van der Waals surface area contributed by atoms with Crippen molar-refractivity contribution in [1.29, 1.82) is 0 Å². The minimum absolute atomic E-state index is 0.0204. The molecule has 2 rings (SSSR count). The maximum Gasteiger partial charge on any atom is 0.309 e. The normalized spacial score (nSPS) is 12.2. The Morgan fingerprint density at radius 2 is 1.71 bits per heavy atom. The lowest BCUT2D eigenvalue weighted by atomic mass is 9.83. The third-order valence-corrected chi connectivity index (χ3v) is 4.66. The highest BCUT2D eigenvalue weighted by Crippen LogP contribution is 2.33. The average Bonchev–Trinajstić information content (AvgIpc) is 2.45. The van der Waals surface area contributed by atoms with Crippen molar-refractivity contribution in [2.45, 2.75) is 38.5 Å². The van der Waals surface area contributed by atoms with Crippen molar-refractivity contribution in [2.24, 2.45) is 0 Å². The van der Waals surface area contributed by atoms with E-state index < -0.39 is 0 Å². The summed E-state index contributed by atoms with van der Waals surface area (Å²) in [5.74, 6) is 0. The number of hydrogen-bond donors (Lipinski definition) is 0. The van der Waals surface area contributed by atoms with Gasteiger partial charge in [0.15, 0.2) is 0 Å². The van der Waals surface area contributed by atoms with Crippen LogP contribution in [0.2, 0.25) is 0 Å². The molecule has 110 valence electrons. The largest absolute Gasteiger partial charge is 0.429 e. The van der Waals surface area contributed by atoms with Gasteiger partial charge in [-0.15, -0.1) is 9.24 Å². The summed E-state index contributed by atoms with van der Waals surface area (Å²) in [5.41, 5.74) is 2.90. The molecule has 21 heavy (non-hydrogen) atoms. The van der Waals surface area contributed by atoms with Gasteiger partial charge in [-0.25, -0.2) is 0 Å². The van der Waals surface area contributed by atoms with E-state index >= 15 is 0 Å². The van der Waals surface area contributed by atoms with Gasteiger partial charge in [0, 0.05) is 23.1 Å². The first-order chi connectivity index (χ1) is 9.79. The zero-order valence-corrected chi connectivity index (χ0v) is 14.3. The summed E-state index contributed by atoms with van der Waals surface area (Å²) in [6.45, 7) is 8.56. The molecular weight excluding hydrogens is 278 g/mol. The van der Waals surface area contributed by atoms with Crippen molar-refractivity contribution in [3.63, 3.8) is 0 Å². The fourth-order valence-corrected chi connectivity index (χ4v) is 1.75. The van der Waals surface area contributed by atoms with Crippen LogP contribution in [0.1, 0.15) is 27.7 Å². The molecule has 0 aliphatic carbocycles. The van der Waals surface area contributed by atoms with Crippen LogP contribution in [0.4, 0.5) is 0 Å². The standard InChI is InChI=1S/C16H22BN2OP/c1-15(2,16(3,4)21)20-17-13-7-5-12(6-8-13)14-11-18-9-10-19-14/h5-11,17H,21H2,1-4H3. The topological polar surface area (TPSA) is 35.0 Å². The molecule has 0 radical (unpaired) electrons. The lowest BCUT2D eigenvalue weighted by Gasteiger charge is -2.39. The molecule has 0 N–H and O–H groups in total. The first kappa shape index (κ1) is 16.1. The second kappa shape index (κ2) is 6.25. The van der Waals surface area contributed by atoms with Gasteiger partial charge in [0.25, 0.3) is 0 Å². The molecule has 2 aromatic rings. The van der Waals surface area contributed by atoms with Gasteiger partial charge in [0.2, 0.25) is 0 Å². The minimum atomic E-state index is -0.207. The Labute approximate surface area is 130 Å². The van der Waals surface area contributed by atoms with E-state index in [4.69, 9.17) is 4.65 Å². The highest BCUT2D eigenvalue weighted by Gasteiger charge is 2.33. The molecule has 1 unspecified atom stereocenters. The van der Waals surface area contributed by atoms with Gasteiger partial charge in [0.05, 0.1) is 17.5 Å². The Morgan fingerprint density at radius 1 is 1.05 bits per heavy atom. The lowest BCUT2D eigenvalue weighted by Crippen LogP contribution is -2.45. The fourth-order valence-electron chi connectivity index (χ4n) is 1.67. The van der Waals surface area contributed by atoms with Crippen molar-refractivity contribution in [3.05, 3.63) is 42.9 Å². The van der Waals surface area contributed by atoms with Crippen LogP contribution >= 0.6 is 9.24 Å². The quantitative estimate of drug-likeness (QED) is 0.629. The minimum Gasteiger partial charge on any atom is -0.429 e. The molecule has 0 amide bonds. The van der Waals surface area contributed by atoms with Gasteiger partial charge in [-0.2, -0.15) is 0 Å². The van der Waals surface area contributed by atoms with Gasteiger partial charge in [-0.05, 0) is 13.8 Å². The molecule has 1 atom stereocenters. The monoisotopic (exact) mass is 300 g/mol. The summed E-state index contributed by atoms with van der Waals surface area (Å²) in [6.07, 6.45) is 5.15. The summed E-state index contributed by atoms with van der Waals surface area (Å²) in [4.78, 5) is 8.39. The third kappa shape index (κ3) is 4.12. The molecule has 0 saturated heterocycles. The fraction of sp³-hybridized carbons (Fsp3) is 0.375. The SMILES string of the molecule is CC(C)(P)C(C)(C)OBc1ccc(-c2cnccn2)cc1. The van der Waals surface area contributed by atoms with Crippen LogP contribution in [0.5, 0.6) is 0 Å². The number of benzene rings is 1. The predicted molar refractivity (Wildman–Crippen MR) is 93.2 cm³/mol. The number of nitrogens with zero attached hydrogens (tertiary/aromatic N) is 2. The van der Waals surface area contributed by atoms with Crippen LogP contribution in [0.15, 0.2) is 42.9 Å². The van der Waals surface area contributed by atoms with Gasteiger partial charge in [0.1, 0.15) is 0 Å². The van der Waals surface area contributed by atoms with Crippen molar-refractivity contribution in [2.75, 3.05) is 0 Å². The molecule has 3 nitrogen and oxygen atoms in total. The number of hydrogen-bond acceptors (Lipinski definition) is 3. The number of aromatic nitrogens is 2. The molecule has 1 aromatic heterocycles. The lowest BCUT2D eigenvalue weighted by molar-refractivity contribution is 0.0841. The Hall–Kier alpha value is -1.25. The maximum atomic E-state index is 6.08. The maximum absolute atomic E-state index is 6.08. The Morgan fingerprint density at radius 3 is 2.24 bits per heavy atom. The van der Waals surface area contributed by atoms with E-state index in [1.165, 1.54) is 0 Å². The Bertz CT molecular complexity index is 579. The molecular formula is C16H22BN2OP. The summed E-state index contributed by atoms with van der Waals surface area (Å²) in [6, 6.07) is 8.27. The van der Waals surface area contributed by atoms with Crippen LogP contribution < -0.4 is 5.46 Å². The first-order valence-corrected chi connectivity index (χ1v) is 7.65. The second-order valence-corrected chi connectivity index (χ2v) is 7.75. The number of rotatable bonds is 5. The molecule has 1 heterocycles. The van der Waals surface area contributed by atoms with Crippen LogP contribution in [-0.4, -0.2) is 28.2 Å². The van der Waals surface area contributed by atoms with E-state index in [2.05, 4.69) is 71.2 Å². The van der Waals surface area contributed by atoms with Crippen LogP contribution in [0.3, 0.4) is 0 Å². The van der Waals surface area contributed by atoms with Crippen molar-refractivity contribution in [1.82, 2.24) is 9.97 Å². The van der Waals surface area contributed by atoms with E-state index in [0.29, 0.717) is 7.48 Å². The average molecular weight is 300 g/mol. The van der Waals surface area contributed by atoms with Crippen LogP contribution in [0, 0.1) is 0 Å². The Balaban J connectivity index is 2.04. The molecule has 0 spiro atoms. The molecule has 1 aromatic carbocycles. The van der Waals surface area contributed by atoms with Crippen molar-refractivity contribution >= 4 is 22.2 Å². The smallest absolute Gasteiger partial charge is 0.309 e. The second-order valence-electron chi connectivity index (χ2n) is 6.31. The Kier molecular flexibility index (Phi) is 4.80. The van der Waals surface area contributed by atoms with Gasteiger partial charge in [-0.1, -0.05) is 43.6 Å². The van der Waals surface area contributed by atoms with E-state index in [1.54, 1.807) is 18.6 Å². The summed E-state index contributed by atoms with van der Waals surface area (Å²) < 4.78 is 6.08. The molecule has 0 aliphatic rings. The van der Waals surface area contributed by atoms with Gasteiger partial charge < -0.3 is 4.65 Å². The molecule has 0 aliphatic heterocycles. The highest BCUT2D eigenvalue weighted by atomic mass is 31.0. The summed E-state index contributed by atoms with van der Waals surface area (Å²) in [5, 5.41) is 0.0204. The molecule has 5 heteroatoms. The zero-order valence-electron chi connectivity index (χ0n) is 13.1.